The number of aromatic amines is 2. The van der Waals surface area contributed by atoms with E-state index in [0.29, 0.717) is 0 Å². The third-order valence-electron chi connectivity index (χ3n) is 3.93. The van der Waals surface area contributed by atoms with Gasteiger partial charge >= 0.3 is 5.69 Å². The summed E-state index contributed by atoms with van der Waals surface area (Å²) in [5.41, 5.74) is 6.30. The van der Waals surface area contributed by atoms with Crippen LogP contribution in [0.3, 0.4) is 0 Å². The molecule has 3 N–H and O–H groups in total. The van der Waals surface area contributed by atoms with E-state index in [4.69, 9.17) is 0 Å². The highest BCUT2D eigenvalue weighted by Crippen LogP contribution is 2.23. The Hall–Kier alpha value is -2.49. The predicted molar refractivity (Wildman–Crippen MR) is 86.9 cm³/mol. The fraction of sp³-hybridized carbons (Fsp3) is 0.235. The van der Waals surface area contributed by atoms with E-state index in [9.17, 15) is 4.79 Å². The molecular formula is C17H19N3O. The first-order chi connectivity index (χ1) is 10.0. The van der Waals surface area contributed by atoms with Gasteiger partial charge in [0, 0.05) is 11.7 Å². The Labute approximate surface area is 123 Å². The molecule has 0 radical (unpaired) electrons. The fourth-order valence-corrected chi connectivity index (χ4v) is 2.49. The zero-order valence-corrected chi connectivity index (χ0v) is 12.4. The minimum atomic E-state index is -0.177. The van der Waals surface area contributed by atoms with Crippen molar-refractivity contribution in [3.8, 4) is 0 Å². The molecule has 4 heteroatoms. The molecule has 0 aliphatic carbocycles. The zero-order chi connectivity index (χ0) is 15.0. The van der Waals surface area contributed by atoms with Crippen LogP contribution in [-0.4, -0.2) is 9.97 Å². The Morgan fingerprint density at radius 2 is 1.71 bits per heavy atom. The van der Waals surface area contributed by atoms with Crippen LogP contribution in [0.25, 0.3) is 11.0 Å². The molecule has 1 aromatic heterocycles. The van der Waals surface area contributed by atoms with Crippen LogP contribution in [0, 0.1) is 13.8 Å². The van der Waals surface area contributed by atoms with Crippen LogP contribution in [0.4, 0.5) is 5.69 Å². The van der Waals surface area contributed by atoms with Crippen LogP contribution >= 0.6 is 0 Å². The van der Waals surface area contributed by atoms with Crippen molar-refractivity contribution in [3.05, 3.63) is 63.6 Å². The molecule has 0 saturated carbocycles. The van der Waals surface area contributed by atoms with Crippen LogP contribution in [0.15, 0.2) is 41.2 Å². The van der Waals surface area contributed by atoms with Gasteiger partial charge in [0.15, 0.2) is 0 Å². The van der Waals surface area contributed by atoms with Crippen molar-refractivity contribution in [3.63, 3.8) is 0 Å². The molecule has 1 atom stereocenters. The highest BCUT2D eigenvalue weighted by atomic mass is 16.1. The molecule has 0 fully saturated rings. The maximum atomic E-state index is 11.3. The Morgan fingerprint density at radius 1 is 0.952 bits per heavy atom. The standard InChI is InChI=1S/C17H19N3O/c1-10-4-5-13(8-11(10)2)12(3)18-14-6-7-15-16(9-14)20-17(21)19-15/h4-9,12,18H,1-3H3,(H2,19,20,21). The minimum Gasteiger partial charge on any atom is -0.378 e. The Balaban J connectivity index is 1.86. The van der Waals surface area contributed by atoms with Gasteiger partial charge in [-0.2, -0.15) is 0 Å². The third-order valence-corrected chi connectivity index (χ3v) is 3.93. The summed E-state index contributed by atoms with van der Waals surface area (Å²) in [6, 6.07) is 12.5. The molecule has 0 saturated heterocycles. The molecule has 0 spiro atoms. The summed E-state index contributed by atoms with van der Waals surface area (Å²) >= 11 is 0. The average molecular weight is 281 g/mol. The van der Waals surface area contributed by atoms with Gasteiger partial charge in [0.1, 0.15) is 0 Å². The molecule has 2 aromatic carbocycles. The lowest BCUT2D eigenvalue weighted by Crippen LogP contribution is -2.07. The first-order valence-corrected chi connectivity index (χ1v) is 7.08. The average Bonchev–Trinajstić information content (AvgIpc) is 2.81. The molecule has 3 rings (SSSR count). The number of anilines is 1. The van der Waals surface area contributed by atoms with Gasteiger partial charge in [-0.1, -0.05) is 18.2 Å². The van der Waals surface area contributed by atoms with Crippen molar-refractivity contribution in [2.45, 2.75) is 26.8 Å². The number of rotatable bonds is 3. The Kier molecular flexibility index (Phi) is 3.29. The van der Waals surface area contributed by atoms with Gasteiger partial charge in [0.05, 0.1) is 11.0 Å². The van der Waals surface area contributed by atoms with E-state index in [1.807, 2.05) is 18.2 Å². The normalized spacial score (nSPS) is 12.5. The number of H-pyrrole nitrogens is 2. The summed E-state index contributed by atoms with van der Waals surface area (Å²) in [6.45, 7) is 6.38. The zero-order valence-electron chi connectivity index (χ0n) is 12.4. The Bertz CT molecular complexity index is 845. The van der Waals surface area contributed by atoms with Crippen molar-refractivity contribution >= 4 is 16.7 Å². The van der Waals surface area contributed by atoms with Gasteiger partial charge in [-0.25, -0.2) is 4.79 Å². The molecule has 108 valence electrons. The second-order valence-corrected chi connectivity index (χ2v) is 5.55. The first-order valence-electron chi connectivity index (χ1n) is 7.08. The van der Waals surface area contributed by atoms with E-state index < -0.39 is 0 Å². The quantitative estimate of drug-likeness (QED) is 0.686. The smallest absolute Gasteiger partial charge is 0.323 e. The van der Waals surface area contributed by atoms with Crippen molar-refractivity contribution in [2.75, 3.05) is 5.32 Å². The summed E-state index contributed by atoms with van der Waals surface area (Å²) < 4.78 is 0. The fourth-order valence-electron chi connectivity index (χ4n) is 2.49. The number of nitrogens with one attached hydrogen (secondary N) is 3. The highest BCUT2D eigenvalue weighted by Gasteiger charge is 2.07. The molecular weight excluding hydrogens is 262 g/mol. The number of benzene rings is 2. The molecule has 1 heterocycles. The number of fused-ring (bicyclic) bond motifs is 1. The van der Waals surface area contributed by atoms with Crippen molar-refractivity contribution in [1.29, 1.82) is 0 Å². The molecule has 1 unspecified atom stereocenters. The largest absolute Gasteiger partial charge is 0.378 e. The van der Waals surface area contributed by atoms with Crippen molar-refractivity contribution in [2.24, 2.45) is 0 Å². The van der Waals surface area contributed by atoms with Crippen LogP contribution in [0.2, 0.25) is 0 Å². The summed E-state index contributed by atoms with van der Waals surface area (Å²) in [7, 11) is 0. The maximum absolute atomic E-state index is 11.3. The summed E-state index contributed by atoms with van der Waals surface area (Å²) in [6.07, 6.45) is 0. The van der Waals surface area contributed by atoms with Crippen molar-refractivity contribution < 1.29 is 0 Å². The van der Waals surface area contributed by atoms with E-state index in [1.165, 1.54) is 16.7 Å². The van der Waals surface area contributed by atoms with Gasteiger partial charge in [0.25, 0.3) is 0 Å². The van der Waals surface area contributed by atoms with Gasteiger partial charge in [-0.05, 0) is 55.7 Å². The molecule has 0 aliphatic rings. The molecule has 3 aromatic rings. The van der Waals surface area contributed by atoms with Crippen LogP contribution in [0.5, 0.6) is 0 Å². The highest BCUT2D eigenvalue weighted by molar-refractivity contribution is 5.78. The summed E-state index contributed by atoms with van der Waals surface area (Å²) in [5.74, 6) is 0. The molecule has 21 heavy (non-hydrogen) atoms. The molecule has 4 nitrogen and oxygen atoms in total. The van der Waals surface area contributed by atoms with Gasteiger partial charge < -0.3 is 15.3 Å². The SMILES string of the molecule is Cc1ccc(C(C)Nc2ccc3[nH]c(=O)[nH]c3c2)cc1C. The van der Waals surface area contributed by atoms with Gasteiger partial charge in [0.2, 0.25) is 0 Å². The second kappa shape index (κ2) is 5.13. The number of imidazole rings is 1. The number of aryl methyl sites for hydroxylation is 2. The van der Waals surface area contributed by atoms with Crippen molar-refractivity contribution in [1.82, 2.24) is 9.97 Å². The number of hydrogen-bond acceptors (Lipinski definition) is 2. The van der Waals surface area contributed by atoms with E-state index in [2.05, 4.69) is 54.3 Å². The van der Waals surface area contributed by atoms with E-state index in [0.717, 1.165) is 16.7 Å². The summed E-state index contributed by atoms with van der Waals surface area (Å²) in [4.78, 5) is 16.8. The monoisotopic (exact) mass is 281 g/mol. The molecule has 0 bridgehead atoms. The molecule has 0 aliphatic heterocycles. The van der Waals surface area contributed by atoms with Gasteiger partial charge in [-0.3, -0.25) is 0 Å². The maximum Gasteiger partial charge on any atom is 0.323 e. The molecule has 0 amide bonds. The van der Waals surface area contributed by atoms with E-state index in [1.54, 1.807) is 0 Å². The van der Waals surface area contributed by atoms with Crippen LogP contribution in [0.1, 0.15) is 29.7 Å². The van der Waals surface area contributed by atoms with E-state index in [-0.39, 0.29) is 11.7 Å². The lowest BCUT2D eigenvalue weighted by molar-refractivity contribution is 0.882. The van der Waals surface area contributed by atoms with E-state index >= 15 is 0 Å². The second-order valence-electron chi connectivity index (χ2n) is 5.55. The predicted octanol–water partition coefficient (Wildman–Crippen LogP) is 3.65. The summed E-state index contributed by atoms with van der Waals surface area (Å²) in [5, 5.41) is 3.47. The minimum absolute atomic E-state index is 0.177. The first kappa shape index (κ1) is 13.5. The Morgan fingerprint density at radius 3 is 2.48 bits per heavy atom. The van der Waals surface area contributed by atoms with Crippen LogP contribution < -0.4 is 11.0 Å². The lowest BCUT2D eigenvalue weighted by atomic mass is 10.0. The number of hydrogen-bond donors (Lipinski definition) is 3. The lowest BCUT2D eigenvalue weighted by Gasteiger charge is -2.17. The number of aromatic nitrogens is 2. The van der Waals surface area contributed by atoms with Gasteiger partial charge in [-0.15, -0.1) is 0 Å². The topological polar surface area (TPSA) is 60.7 Å². The third kappa shape index (κ3) is 2.70. The van der Waals surface area contributed by atoms with Crippen LogP contribution in [-0.2, 0) is 0 Å².